The van der Waals surface area contributed by atoms with Crippen LogP contribution in [0.5, 0.6) is 0 Å². The summed E-state index contributed by atoms with van der Waals surface area (Å²) >= 11 is 1.80. The zero-order valence-corrected chi connectivity index (χ0v) is 14.6. The molecule has 0 bridgehead atoms. The normalized spacial score (nSPS) is 17.4. The predicted molar refractivity (Wildman–Crippen MR) is 98.0 cm³/mol. The summed E-state index contributed by atoms with van der Waals surface area (Å²) in [7, 11) is 0. The molecule has 1 fully saturated rings. The lowest BCUT2D eigenvalue weighted by Gasteiger charge is -2.33. The van der Waals surface area contributed by atoms with Crippen molar-refractivity contribution < 1.29 is 5.11 Å². The van der Waals surface area contributed by atoms with Crippen molar-refractivity contribution in [2.24, 2.45) is 5.92 Å². The minimum absolute atomic E-state index is 0.334. The third kappa shape index (κ3) is 4.34. The molecule has 0 aliphatic carbocycles. The van der Waals surface area contributed by atoms with E-state index >= 15 is 0 Å². The van der Waals surface area contributed by atoms with Crippen molar-refractivity contribution in [3.8, 4) is 0 Å². The van der Waals surface area contributed by atoms with Gasteiger partial charge >= 0.3 is 0 Å². The summed E-state index contributed by atoms with van der Waals surface area (Å²) in [5.41, 5.74) is 2.62. The first-order valence-electron chi connectivity index (χ1n) is 8.48. The molecule has 0 saturated carbocycles. The third-order valence-corrected chi connectivity index (χ3v) is 5.81. The number of nitrogens with zero attached hydrogens (tertiary/aromatic N) is 1. The standard InChI is InChI=1S/C19H26N2OS/c1-15(19-3-2-12-23-19)20-13-16-4-6-18(7-5-16)21-10-8-17(14-22)9-11-21/h2-7,12,15,17,20,22H,8-11,13-14H2,1H3. The molecule has 0 amide bonds. The second-order valence-corrected chi connectivity index (χ2v) is 7.38. The highest BCUT2D eigenvalue weighted by Gasteiger charge is 2.18. The SMILES string of the molecule is CC(NCc1ccc(N2CCC(CO)CC2)cc1)c1cccs1. The molecule has 1 unspecified atom stereocenters. The molecule has 23 heavy (non-hydrogen) atoms. The van der Waals surface area contributed by atoms with Crippen LogP contribution >= 0.6 is 11.3 Å². The zero-order valence-electron chi connectivity index (χ0n) is 13.7. The van der Waals surface area contributed by atoms with Gasteiger partial charge in [-0.25, -0.2) is 0 Å². The molecule has 3 nitrogen and oxygen atoms in total. The fourth-order valence-corrected chi connectivity index (χ4v) is 3.87. The van der Waals surface area contributed by atoms with Gasteiger partial charge in [-0.15, -0.1) is 11.3 Å². The van der Waals surface area contributed by atoms with Gasteiger partial charge in [-0.1, -0.05) is 18.2 Å². The van der Waals surface area contributed by atoms with Crippen LogP contribution in [0.3, 0.4) is 0 Å². The molecular weight excluding hydrogens is 304 g/mol. The van der Waals surface area contributed by atoms with Gasteiger partial charge in [0.05, 0.1) is 0 Å². The number of benzene rings is 1. The van der Waals surface area contributed by atoms with E-state index in [-0.39, 0.29) is 0 Å². The van der Waals surface area contributed by atoms with Gasteiger partial charge < -0.3 is 15.3 Å². The highest BCUT2D eigenvalue weighted by Crippen LogP contribution is 2.24. The Bertz CT molecular complexity index is 574. The van der Waals surface area contributed by atoms with E-state index in [4.69, 9.17) is 0 Å². The lowest BCUT2D eigenvalue weighted by Crippen LogP contribution is -2.34. The summed E-state index contributed by atoms with van der Waals surface area (Å²) in [4.78, 5) is 3.81. The Morgan fingerprint density at radius 2 is 1.96 bits per heavy atom. The fourth-order valence-electron chi connectivity index (χ4n) is 3.11. The highest BCUT2D eigenvalue weighted by molar-refractivity contribution is 7.10. The van der Waals surface area contributed by atoms with Crippen molar-refractivity contribution >= 4 is 17.0 Å². The molecule has 1 saturated heterocycles. The Morgan fingerprint density at radius 1 is 1.22 bits per heavy atom. The largest absolute Gasteiger partial charge is 0.396 e. The average Bonchev–Trinajstić information content (AvgIpc) is 3.15. The van der Waals surface area contributed by atoms with Gasteiger partial charge in [0.2, 0.25) is 0 Å². The number of aliphatic hydroxyl groups is 1. The lowest BCUT2D eigenvalue weighted by molar-refractivity contribution is 0.203. The van der Waals surface area contributed by atoms with Crippen LogP contribution in [0, 0.1) is 5.92 Å². The smallest absolute Gasteiger partial charge is 0.0460 e. The fraction of sp³-hybridized carbons (Fsp3) is 0.474. The van der Waals surface area contributed by atoms with Crippen LogP contribution in [-0.4, -0.2) is 24.8 Å². The maximum Gasteiger partial charge on any atom is 0.0460 e. The van der Waals surface area contributed by atoms with Crippen molar-refractivity contribution in [3.05, 3.63) is 52.2 Å². The summed E-state index contributed by atoms with van der Waals surface area (Å²) in [5.74, 6) is 0.494. The number of aliphatic hydroxyl groups excluding tert-OH is 1. The first-order valence-corrected chi connectivity index (χ1v) is 9.36. The Balaban J connectivity index is 1.51. The highest BCUT2D eigenvalue weighted by atomic mass is 32.1. The van der Waals surface area contributed by atoms with E-state index in [0.717, 1.165) is 32.5 Å². The summed E-state index contributed by atoms with van der Waals surface area (Å²) in [6.45, 7) is 5.55. The quantitative estimate of drug-likeness (QED) is 0.845. The summed E-state index contributed by atoms with van der Waals surface area (Å²) in [6.07, 6.45) is 2.19. The van der Waals surface area contributed by atoms with Crippen LogP contribution in [-0.2, 0) is 6.54 Å². The first kappa shape index (κ1) is 16.5. The number of hydrogen-bond donors (Lipinski definition) is 2. The average molecular weight is 330 g/mol. The number of piperidine rings is 1. The molecule has 1 aromatic heterocycles. The lowest BCUT2D eigenvalue weighted by atomic mass is 9.97. The third-order valence-electron chi connectivity index (χ3n) is 4.76. The van der Waals surface area contributed by atoms with E-state index in [1.54, 1.807) is 11.3 Å². The Labute approximate surface area is 143 Å². The predicted octanol–water partition coefficient (Wildman–Crippen LogP) is 3.81. The van der Waals surface area contributed by atoms with Crippen LogP contribution in [0.4, 0.5) is 5.69 Å². The first-order chi connectivity index (χ1) is 11.3. The molecule has 4 heteroatoms. The van der Waals surface area contributed by atoms with Gasteiger partial charge in [0.25, 0.3) is 0 Å². The van der Waals surface area contributed by atoms with Crippen molar-refractivity contribution in [2.75, 3.05) is 24.6 Å². The molecule has 2 aromatic rings. The van der Waals surface area contributed by atoms with Crippen molar-refractivity contribution in [3.63, 3.8) is 0 Å². The number of hydrogen-bond acceptors (Lipinski definition) is 4. The Morgan fingerprint density at radius 3 is 2.57 bits per heavy atom. The second kappa shape index (κ2) is 7.95. The van der Waals surface area contributed by atoms with Gasteiger partial charge in [-0.3, -0.25) is 0 Å². The summed E-state index contributed by atoms with van der Waals surface area (Å²) < 4.78 is 0. The van der Waals surface area contributed by atoms with E-state index in [2.05, 4.69) is 58.9 Å². The van der Waals surface area contributed by atoms with E-state index in [0.29, 0.717) is 18.6 Å². The number of anilines is 1. The number of thiophene rings is 1. The molecule has 2 heterocycles. The van der Waals surface area contributed by atoms with E-state index in [1.807, 2.05) is 0 Å². The Kier molecular flexibility index (Phi) is 5.70. The van der Waals surface area contributed by atoms with Gasteiger partial charge in [0.15, 0.2) is 0 Å². The van der Waals surface area contributed by atoms with E-state index in [1.165, 1.54) is 16.1 Å². The molecule has 3 rings (SSSR count). The minimum atomic E-state index is 0.334. The Hall–Kier alpha value is -1.36. The van der Waals surface area contributed by atoms with Crippen molar-refractivity contribution in [2.45, 2.75) is 32.4 Å². The van der Waals surface area contributed by atoms with Crippen LogP contribution in [0.2, 0.25) is 0 Å². The second-order valence-electron chi connectivity index (χ2n) is 6.40. The zero-order chi connectivity index (χ0) is 16.1. The maximum absolute atomic E-state index is 9.23. The molecule has 1 atom stereocenters. The van der Waals surface area contributed by atoms with Gasteiger partial charge in [-0.05, 0) is 54.8 Å². The summed E-state index contributed by atoms with van der Waals surface area (Å²) in [5, 5.41) is 14.9. The van der Waals surface area contributed by atoms with E-state index in [9.17, 15) is 5.11 Å². The van der Waals surface area contributed by atoms with Gasteiger partial charge in [-0.2, -0.15) is 0 Å². The monoisotopic (exact) mass is 330 g/mol. The van der Waals surface area contributed by atoms with E-state index < -0.39 is 0 Å². The molecule has 2 N–H and O–H groups in total. The molecular formula is C19H26N2OS. The van der Waals surface area contributed by atoms with Gasteiger partial charge in [0, 0.05) is 42.8 Å². The van der Waals surface area contributed by atoms with Crippen molar-refractivity contribution in [1.82, 2.24) is 5.32 Å². The topological polar surface area (TPSA) is 35.5 Å². The number of rotatable bonds is 6. The van der Waals surface area contributed by atoms with Crippen LogP contribution in [0.15, 0.2) is 41.8 Å². The van der Waals surface area contributed by atoms with Crippen LogP contribution in [0.25, 0.3) is 0 Å². The van der Waals surface area contributed by atoms with Gasteiger partial charge in [0.1, 0.15) is 0 Å². The van der Waals surface area contributed by atoms with Crippen LogP contribution in [0.1, 0.15) is 36.2 Å². The van der Waals surface area contributed by atoms with Crippen LogP contribution < -0.4 is 10.2 Å². The molecule has 0 radical (unpaired) electrons. The molecule has 1 aliphatic heterocycles. The maximum atomic E-state index is 9.23. The van der Waals surface area contributed by atoms with Crippen molar-refractivity contribution in [1.29, 1.82) is 0 Å². The molecule has 124 valence electrons. The number of nitrogens with one attached hydrogen (secondary N) is 1. The minimum Gasteiger partial charge on any atom is -0.396 e. The molecule has 0 spiro atoms. The summed E-state index contributed by atoms with van der Waals surface area (Å²) in [6, 6.07) is 13.6. The molecule has 1 aliphatic rings. The molecule has 1 aromatic carbocycles.